The Morgan fingerprint density at radius 2 is 1.32 bits per heavy atom. The van der Waals surface area contributed by atoms with Gasteiger partial charge < -0.3 is 14.7 Å². The van der Waals surface area contributed by atoms with E-state index in [-0.39, 0.29) is 4.40 Å². The molecular formula is C12H21CaO8P. The molecule has 22 heavy (non-hydrogen) atoms. The molecule has 8 nitrogen and oxygen atoms in total. The second-order valence-electron chi connectivity index (χ2n) is 4.09. The van der Waals surface area contributed by atoms with Crippen molar-refractivity contribution in [3.8, 4) is 0 Å². The maximum Gasteiger partial charge on any atom is 0.466 e. The fraction of sp³-hybridized carbons (Fsp3) is 0.500. The second kappa shape index (κ2) is 13.2. The molecule has 0 radical (unpaired) electrons. The SMILES string of the molecule is C=CC(=O)O[CH](CC)[Ca][CH](CC)OC(=O)C=C.O=P(O)(O)O. The molecular weight excluding hydrogens is 343 g/mol. The number of esters is 2. The largest absolute Gasteiger partial charge is 0.466 e. The summed E-state index contributed by atoms with van der Waals surface area (Å²) in [5.41, 5.74) is 0. The van der Waals surface area contributed by atoms with Gasteiger partial charge in [-0.25, -0.2) is 4.57 Å². The predicted molar refractivity (Wildman–Crippen MR) is 80.8 cm³/mol. The molecule has 0 spiro atoms. The smallest absolute Gasteiger partial charge is 0.303 e. The molecule has 10 heteroatoms. The minimum Gasteiger partial charge on any atom is -0.303 e. The summed E-state index contributed by atoms with van der Waals surface area (Å²) < 4.78 is 19.1. The Morgan fingerprint density at radius 1 is 1.05 bits per heavy atom. The van der Waals surface area contributed by atoms with Gasteiger partial charge in [0.15, 0.2) is 0 Å². The van der Waals surface area contributed by atoms with Gasteiger partial charge in [-0.15, -0.1) is 0 Å². The van der Waals surface area contributed by atoms with Crippen LogP contribution in [-0.4, -0.2) is 64.9 Å². The van der Waals surface area contributed by atoms with Crippen LogP contribution in [0.2, 0.25) is 0 Å². The molecule has 0 saturated carbocycles. The molecule has 0 aromatic rings. The zero-order valence-electron chi connectivity index (χ0n) is 12.7. The first-order chi connectivity index (χ1) is 10.1. The van der Waals surface area contributed by atoms with Crippen molar-refractivity contribution in [3.05, 3.63) is 25.3 Å². The molecule has 0 bridgehead atoms. The Hall–Kier alpha value is -0.210. The monoisotopic (exact) mass is 364 g/mol. The van der Waals surface area contributed by atoms with Crippen LogP contribution in [0.15, 0.2) is 25.3 Å². The molecule has 3 N–H and O–H groups in total. The Labute approximate surface area is 147 Å². The van der Waals surface area contributed by atoms with Gasteiger partial charge in [0.1, 0.15) is 0 Å². The molecule has 0 heterocycles. The van der Waals surface area contributed by atoms with Crippen LogP contribution in [-0.2, 0) is 23.6 Å². The standard InChI is InChI=1S/2C6H9O2.Ca.H3O4P/c2*1-3-5-8-6(7)4-2;;1-5(2,3)4/h2*4-5H,2-3H2,1H3;;(H3,1,2,3,4). The predicted octanol–water partition coefficient (Wildman–Crippen LogP) is 0.693. The van der Waals surface area contributed by atoms with Crippen LogP contribution in [0.5, 0.6) is 0 Å². The van der Waals surface area contributed by atoms with Crippen LogP contribution < -0.4 is 0 Å². The summed E-state index contributed by atoms with van der Waals surface area (Å²) in [5.74, 6) is -0.820. The van der Waals surface area contributed by atoms with Crippen molar-refractivity contribution in [2.75, 3.05) is 0 Å². The van der Waals surface area contributed by atoms with E-state index in [1.807, 2.05) is 13.8 Å². The molecule has 0 aliphatic carbocycles. The van der Waals surface area contributed by atoms with Gasteiger partial charge in [0, 0.05) is 0 Å². The van der Waals surface area contributed by atoms with Crippen molar-refractivity contribution in [1.29, 1.82) is 0 Å². The van der Waals surface area contributed by atoms with E-state index in [0.29, 0.717) is 0 Å². The van der Waals surface area contributed by atoms with Gasteiger partial charge in [0.05, 0.1) is 0 Å². The molecule has 124 valence electrons. The summed E-state index contributed by atoms with van der Waals surface area (Å²) in [6, 6.07) is 0. The summed E-state index contributed by atoms with van der Waals surface area (Å²) in [4.78, 5) is 43.8. The number of carbonyl (C=O) groups is 2. The first kappa shape index (κ1) is 24.0. The van der Waals surface area contributed by atoms with Crippen molar-refractivity contribution in [2.45, 2.75) is 31.1 Å². The van der Waals surface area contributed by atoms with E-state index >= 15 is 0 Å². The quantitative estimate of drug-likeness (QED) is 0.248. The average molecular weight is 364 g/mol. The van der Waals surface area contributed by atoms with Crippen LogP contribution >= 0.6 is 7.82 Å². The van der Waals surface area contributed by atoms with Gasteiger partial charge in [-0.05, 0) is 0 Å². The first-order valence-electron chi connectivity index (χ1n) is 6.51. The van der Waals surface area contributed by atoms with E-state index < -0.39 is 53.6 Å². The topological polar surface area (TPSA) is 130 Å². The zero-order valence-corrected chi connectivity index (χ0v) is 15.8. The maximum atomic E-state index is 11.1. The van der Waals surface area contributed by atoms with Crippen molar-refractivity contribution in [1.82, 2.24) is 0 Å². The van der Waals surface area contributed by atoms with Gasteiger partial charge in [-0.2, -0.15) is 0 Å². The molecule has 0 aromatic carbocycles. The molecule has 2 atom stereocenters. The van der Waals surface area contributed by atoms with E-state index in [1.54, 1.807) is 0 Å². The normalized spacial score (nSPS) is 12.6. The number of hydrogen-bond acceptors (Lipinski definition) is 5. The van der Waals surface area contributed by atoms with Crippen LogP contribution in [0.3, 0.4) is 0 Å². The van der Waals surface area contributed by atoms with Gasteiger partial charge in [-0.3, -0.25) is 0 Å². The third-order valence-corrected chi connectivity index (χ3v) is 6.30. The fourth-order valence-corrected chi connectivity index (χ4v) is 4.08. The third-order valence-electron chi connectivity index (χ3n) is 2.34. The first-order valence-corrected chi connectivity index (χ1v) is 10.6. The van der Waals surface area contributed by atoms with Crippen molar-refractivity contribution in [2.24, 2.45) is 0 Å². The number of hydrogen-bond donors (Lipinski definition) is 3. The Balaban J connectivity index is 0. The zero-order chi connectivity index (χ0) is 17.8. The minimum atomic E-state index is -4.64. The van der Waals surface area contributed by atoms with E-state index in [4.69, 9.17) is 28.7 Å². The molecule has 0 aliphatic heterocycles. The summed E-state index contributed by atoms with van der Waals surface area (Å²) in [5, 5.41) is 0. The molecule has 0 aliphatic rings. The fourth-order valence-electron chi connectivity index (χ4n) is 1.31. The van der Waals surface area contributed by atoms with Crippen LogP contribution in [0, 0.1) is 0 Å². The van der Waals surface area contributed by atoms with Crippen LogP contribution in [0.4, 0.5) is 0 Å². The van der Waals surface area contributed by atoms with Gasteiger partial charge in [-0.1, -0.05) is 0 Å². The third kappa shape index (κ3) is 17.8. The number of carbonyl (C=O) groups excluding carboxylic acids is 2. The van der Waals surface area contributed by atoms with Crippen molar-refractivity contribution in [3.63, 3.8) is 0 Å². The molecule has 0 rings (SSSR count). The van der Waals surface area contributed by atoms with Gasteiger partial charge in [0.2, 0.25) is 0 Å². The summed E-state index contributed by atoms with van der Waals surface area (Å²) in [6.45, 7) is 10.6. The number of ether oxygens (including phenoxy) is 2. The number of rotatable bonds is 8. The molecule has 2 unspecified atom stereocenters. The van der Waals surface area contributed by atoms with E-state index in [2.05, 4.69) is 13.2 Å². The molecule has 0 aromatic heterocycles. The second-order valence-corrected chi connectivity index (χ2v) is 8.70. The van der Waals surface area contributed by atoms with Gasteiger partial charge >= 0.3 is 129 Å². The Kier molecular flexibility index (Phi) is 14.5. The summed E-state index contributed by atoms with van der Waals surface area (Å²) >= 11 is -1.32. The minimum absolute atomic E-state index is 0.0736. The van der Waals surface area contributed by atoms with E-state index in [9.17, 15) is 9.59 Å². The Morgan fingerprint density at radius 3 is 1.50 bits per heavy atom. The van der Waals surface area contributed by atoms with Crippen molar-refractivity contribution < 1.29 is 38.3 Å². The van der Waals surface area contributed by atoms with Crippen LogP contribution in [0.25, 0.3) is 0 Å². The van der Waals surface area contributed by atoms with E-state index in [0.717, 1.165) is 25.0 Å². The molecule has 0 fully saturated rings. The van der Waals surface area contributed by atoms with Crippen molar-refractivity contribution >= 4 is 53.6 Å². The number of phosphoric acid groups is 1. The average Bonchev–Trinajstić information content (AvgIpc) is 2.43. The van der Waals surface area contributed by atoms with E-state index in [1.165, 1.54) is 0 Å². The molecule has 0 amide bonds. The summed E-state index contributed by atoms with van der Waals surface area (Å²) in [6.07, 6.45) is 3.81. The maximum absolute atomic E-state index is 11.1. The summed E-state index contributed by atoms with van der Waals surface area (Å²) in [7, 11) is -4.64. The van der Waals surface area contributed by atoms with Gasteiger partial charge in [0.25, 0.3) is 0 Å². The molecule has 0 saturated heterocycles. The Bertz CT molecular complexity index is 383. The van der Waals surface area contributed by atoms with Crippen LogP contribution in [0.1, 0.15) is 26.7 Å².